The van der Waals surface area contributed by atoms with E-state index in [1.807, 2.05) is 13.0 Å². The minimum atomic E-state index is -3.47. The Kier molecular flexibility index (Phi) is 5.62. The van der Waals surface area contributed by atoms with Crippen LogP contribution in [0.25, 0.3) is 10.8 Å². The number of piperazine rings is 1. The third-order valence-electron chi connectivity index (χ3n) is 3.67. The molecule has 108 valence electrons. The molecule has 5 nitrogen and oxygen atoms in total. The van der Waals surface area contributed by atoms with Crippen LogP contribution in [0.1, 0.15) is 6.92 Å². The number of fused-ring (bicyclic) bond motifs is 1. The largest absolute Gasteiger partial charge is 0.314 e. The Balaban J connectivity index is 0.00000161. The first-order chi connectivity index (χ1) is 9.60. The second-order valence-electron chi connectivity index (χ2n) is 5.02. The number of nitrogens with one attached hydrogen (secondary N) is 1. The molecule has 2 aromatic rings. The van der Waals surface area contributed by atoms with E-state index in [-0.39, 0.29) is 43.8 Å². The van der Waals surface area contributed by atoms with Crippen molar-refractivity contribution in [3.63, 3.8) is 0 Å². The van der Waals surface area contributed by atoms with Gasteiger partial charge in [-0.2, -0.15) is 4.31 Å². The summed E-state index contributed by atoms with van der Waals surface area (Å²) in [5, 5.41) is 4.78. The van der Waals surface area contributed by atoms with Crippen LogP contribution in [0, 0.1) is 0 Å². The fourth-order valence-electron chi connectivity index (χ4n) is 2.62. The van der Waals surface area contributed by atoms with Crippen LogP contribution in [-0.2, 0) is 10.0 Å². The van der Waals surface area contributed by atoms with Crippen LogP contribution in [0.5, 0.6) is 0 Å². The molecule has 3 rings (SSSR count). The zero-order valence-electron chi connectivity index (χ0n) is 12.0. The number of aromatic nitrogens is 1. The Labute approximate surface area is 154 Å². The van der Waals surface area contributed by atoms with Crippen molar-refractivity contribution in [1.82, 2.24) is 14.6 Å². The summed E-state index contributed by atoms with van der Waals surface area (Å²) in [6.45, 7) is 3.81. The summed E-state index contributed by atoms with van der Waals surface area (Å²) in [6.07, 6.45) is 3.32. The first-order valence-corrected chi connectivity index (χ1v) is 8.10. The van der Waals surface area contributed by atoms with Crippen molar-refractivity contribution >= 4 is 58.5 Å². The summed E-state index contributed by atoms with van der Waals surface area (Å²) in [4.78, 5) is 4.41. The summed E-state index contributed by atoms with van der Waals surface area (Å²) >= 11 is 0. The molecule has 0 amide bonds. The van der Waals surface area contributed by atoms with E-state index in [1.165, 1.54) is 0 Å². The molecule has 0 spiro atoms. The second kappa shape index (κ2) is 6.89. The maximum atomic E-state index is 12.9. The molecule has 2 radical (unpaired) electrons. The van der Waals surface area contributed by atoms with Gasteiger partial charge in [0, 0.05) is 86.6 Å². The summed E-state index contributed by atoms with van der Waals surface area (Å²) < 4.78 is 27.4. The molecule has 1 fully saturated rings. The Morgan fingerprint density at radius 3 is 2.90 bits per heavy atom. The quantitative estimate of drug-likeness (QED) is 0.828. The number of sulfonamides is 1. The van der Waals surface area contributed by atoms with Gasteiger partial charge in [0.1, 0.15) is 0 Å². The Morgan fingerprint density at radius 2 is 2.14 bits per heavy atom. The number of benzene rings is 1. The fraction of sp³-hybridized carbons (Fsp3) is 0.357. The van der Waals surface area contributed by atoms with Gasteiger partial charge in [0.15, 0.2) is 0 Å². The number of hydrogen-bond acceptors (Lipinski definition) is 4. The van der Waals surface area contributed by atoms with E-state index in [1.54, 1.807) is 34.9 Å². The standard InChI is InChI=1S/C14H17N3O2S.Ca/c1-11-9-16-7-8-17(11)20(18,19)14-4-2-3-12-10-15-6-5-13(12)14;/h2-6,10-11,16H,7-9H2,1H3;. The van der Waals surface area contributed by atoms with Crippen LogP contribution >= 0.6 is 0 Å². The molecule has 1 aromatic heterocycles. The van der Waals surface area contributed by atoms with Crippen molar-refractivity contribution in [1.29, 1.82) is 0 Å². The van der Waals surface area contributed by atoms with Crippen LogP contribution in [-0.4, -0.2) is 81.1 Å². The number of rotatable bonds is 2. The molecular formula is C14H17CaN3O2S. The van der Waals surface area contributed by atoms with Crippen molar-refractivity contribution in [3.8, 4) is 0 Å². The average Bonchev–Trinajstić information content (AvgIpc) is 2.47. The van der Waals surface area contributed by atoms with Crippen LogP contribution in [0.15, 0.2) is 41.6 Å². The van der Waals surface area contributed by atoms with Gasteiger partial charge < -0.3 is 5.32 Å². The van der Waals surface area contributed by atoms with Gasteiger partial charge in [-0.1, -0.05) is 12.1 Å². The van der Waals surface area contributed by atoms with Crippen LogP contribution < -0.4 is 5.32 Å². The van der Waals surface area contributed by atoms with Crippen LogP contribution in [0.4, 0.5) is 0 Å². The minimum absolute atomic E-state index is 0. The summed E-state index contributed by atoms with van der Waals surface area (Å²) in [7, 11) is -3.47. The van der Waals surface area contributed by atoms with Crippen molar-refractivity contribution in [2.75, 3.05) is 19.6 Å². The fourth-order valence-corrected chi connectivity index (χ4v) is 4.47. The average molecular weight is 331 g/mol. The molecule has 2 heterocycles. The van der Waals surface area contributed by atoms with Crippen molar-refractivity contribution in [2.45, 2.75) is 17.9 Å². The zero-order chi connectivity index (χ0) is 14.2. The molecule has 1 aliphatic heterocycles. The number of pyridine rings is 1. The van der Waals surface area contributed by atoms with E-state index < -0.39 is 10.0 Å². The topological polar surface area (TPSA) is 62.3 Å². The molecule has 1 saturated heterocycles. The predicted molar refractivity (Wildman–Crippen MR) is 83.7 cm³/mol. The van der Waals surface area contributed by atoms with Crippen LogP contribution in [0.2, 0.25) is 0 Å². The van der Waals surface area contributed by atoms with E-state index in [2.05, 4.69) is 10.3 Å². The molecule has 21 heavy (non-hydrogen) atoms. The van der Waals surface area contributed by atoms with E-state index >= 15 is 0 Å². The normalized spacial score (nSPS) is 20.1. The van der Waals surface area contributed by atoms with E-state index in [4.69, 9.17) is 0 Å². The number of hydrogen-bond donors (Lipinski definition) is 1. The molecule has 0 aliphatic carbocycles. The molecule has 1 unspecified atom stereocenters. The Bertz CT molecular complexity index is 731. The third kappa shape index (κ3) is 3.25. The SMILES string of the molecule is CC1CNCCN1S(=O)(=O)c1cccc2cnccc12.[Ca]. The van der Waals surface area contributed by atoms with E-state index in [0.29, 0.717) is 24.5 Å². The van der Waals surface area contributed by atoms with Gasteiger partial charge in [0.05, 0.1) is 4.90 Å². The summed E-state index contributed by atoms with van der Waals surface area (Å²) in [6, 6.07) is 7.04. The molecular weight excluding hydrogens is 314 g/mol. The van der Waals surface area contributed by atoms with Gasteiger partial charge >= 0.3 is 0 Å². The van der Waals surface area contributed by atoms with Crippen LogP contribution in [0.3, 0.4) is 0 Å². The molecule has 0 saturated carbocycles. The molecule has 0 bridgehead atoms. The smallest absolute Gasteiger partial charge is 0.244 e. The first kappa shape index (κ1) is 17.1. The monoisotopic (exact) mass is 331 g/mol. The molecule has 1 aromatic carbocycles. The maximum absolute atomic E-state index is 12.9. The summed E-state index contributed by atoms with van der Waals surface area (Å²) in [5.41, 5.74) is 0. The van der Waals surface area contributed by atoms with Gasteiger partial charge in [0.25, 0.3) is 0 Å². The minimum Gasteiger partial charge on any atom is -0.314 e. The predicted octanol–water partition coefficient (Wildman–Crippen LogP) is 0.836. The third-order valence-corrected chi connectivity index (χ3v) is 5.74. The first-order valence-electron chi connectivity index (χ1n) is 6.66. The number of nitrogens with zero attached hydrogens (tertiary/aromatic N) is 2. The van der Waals surface area contributed by atoms with E-state index in [0.717, 1.165) is 10.8 Å². The Hall–Kier alpha value is -0.240. The van der Waals surface area contributed by atoms with Crippen molar-refractivity contribution < 1.29 is 8.42 Å². The summed E-state index contributed by atoms with van der Waals surface area (Å²) in [5.74, 6) is 0. The Morgan fingerprint density at radius 1 is 1.33 bits per heavy atom. The van der Waals surface area contributed by atoms with Crippen molar-refractivity contribution in [3.05, 3.63) is 36.7 Å². The van der Waals surface area contributed by atoms with Gasteiger partial charge in [-0.3, -0.25) is 4.98 Å². The second-order valence-corrected chi connectivity index (χ2v) is 6.88. The van der Waals surface area contributed by atoms with Gasteiger partial charge in [-0.15, -0.1) is 0 Å². The van der Waals surface area contributed by atoms with Crippen molar-refractivity contribution in [2.24, 2.45) is 0 Å². The van der Waals surface area contributed by atoms with Gasteiger partial charge in [-0.25, -0.2) is 8.42 Å². The van der Waals surface area contributed by atoms with Gasteiger partial charge in [0.2, 0.25) is 10.0 Å². The van der Waals surface area contributed by atoms with E-state index in [9.17, 15) is 8.42 Å². The van der Waals surface area contributed by atoms with Gasteiger partial charge in [-0.05, 0) is 19.1 Å². The zero-order valence-corrected chi connectivity index (χ0v) is 15.0. The maximum Gasteiger partial charge on any atom is 0.244 e. The molecule has 7 heteroatoms. The molecule has 1 atom stereocenters. The molecule has 1 N–H and O–H groups in total. The molecule has 1 aliphatic rings.